The summed E-state index contributed by atoms with van der Waals surface area (Å²) < 4.78 is 48.7. The van der Waals surface area contributed by atoms with Crippen LogP contribution in [-0.4, -0.2) is 69.3 Å². The predicted octanol–water partition coefficient (Wildman–Crippen LogP) is 4.00. The highest BCUT2D eigenvalue weighted by atomic mass is 32.2. The Kier molecular flexibility index (Phi) is 11.5. The zero-order chi connectivity index (χ0) is 30.9. The SMILES string of the molecule is CC[C@H](C)NC(=O)[C@@H](Cc1ccccc1)N(Cc1cccc(OC)c1)C(=O)CN(c1ccccc1F)S(=O)(=O)N(C)C. The number of nitrogens with zero attached hydrogens (tertiary/aromatic N) is 3. The minimum atomic E-state index is -4.30. The van der Waals surface area contributed by atoms with Crippen molar-refractivity contribution in [1.29, 1.82) is 0 Å². The molecule has 11 heteroatoms. The molecule has 0 aliphatic carbocycles. The summed E-state index contributed by atoms with van der Waals surface area (Å²) in [7, 11) is -0.160. The average molecular weight is 599 g/mol. The van der Waals surface area contributed by atoms with Crippen LogP contribution < -0.4 is 14.4 Å². The number of benzene rings is 3. The number of rotatable bonds is 14. The van der Waals surface area contributed by atoms with Crippen molar-refractivity contribution in [2.45, 2.75) is 45.3 Å². The molecule has 0 spiro atoms. The smallest absolute Gasteiger partial charge is 0.304 e. The largest absolute Gasteiger partial charge is 0.497 e. The summed E-state index contributed by atoms with van der Waals surface area (Å²) >= 11 is 0. The number of methoxy groups -OCH3 is 1. The summed E-state index contributed by atoms with van der Waals surface area (Å²) in [5, 5.41) is 2.98. The Hall–Kier alpha value is -3.96. The van der Waals surface area contributed by atoms with Gasteiger partial charge in [0.25, 0.3) is 0 Å². The molecule has 0 aromatic heterocycles. The Bertz CT molecular complexity index is 1450. The van der Waals surface area contributed by atoms with Gasteiger partial charge in [-0.3, -0.25) is 9.59 Å². The summed E-state index contributed by atoms with van der Waals surface area (Å²) in [6.07, 6.45) is 0.856. The molecule has 0 fully saturated rings. The molecule has 0 unspecified atom stereocenters. The Labute approximate surface area is 248 Å². The molecule has 2 atom stereocenters. The number of para-hydroxylation sites is 1. The van der Waals surface area contributed by atoms with Gasteiger partial charge < -0.3 is 15.0 Å². The van der Waals surface area contributed by atoms with E-state index >= 15 is 0 Å². The Balaban J connectivity index is 2.12. The van der Waals surface area contributed by atoms with Crippen molar-refractivity contribution in [1.82, 2.24) is 14.5 Å². The molecule has 3 rings (SSSR count). The van der Waals surface area contributed by atoms with Crippen molar-refractivity contribution in [2.75, 3.05) is 32.1 Å². The van der Waals surface area contributed by atoms with Gasteiger partial charge in [0.2, 0.25) is 11.8 Å². The first-order valence-corrected chi connectivity index (χ1v) is 15.1. The van der Waals surface area contributed by atoms with Gasteiger partial charge in [0.15, 0.2) is 0 Å². The highest BCUT2D eigenvalue weighted by Crippen LogP contribution is 2.25. The van der Waals surface area contributed by atoms with Gasteiger partial charge in [-0.05, 0) is 48.7 Å². The normalized spacial score (nSPS) is 12.8. The van der Waals surface area contributed by atoms with Gasteiger partial charge in [-0.1, -0.05) is 61.5 Å². The second-order valence-electron chi connectivity index (χ2n) is 10.1. The number of hydrogen-bond donors (Lipinski definition) is 1. The van der Waals surface area contributed by atoms with Crippen LogP contribution in [0.25, 0.3) is 0 Å². The van der Waals surface area contributed by atoms with Gasteiger partial charge >= 0.3 is 10.2 Å². The lowest BCUT2D eigenvalue weighted by Crippen LogP contribution is -2.55. The first-order valence-electron chi connectivity index (χ1n) is 13.7. The van der Waals surface area contributed by atoms with Gasteiger partial charge in [-0.15, -0.1) is 0 Å². The molecular formula is C31H39FN4O5S. The molecule has 3 aromatic rings. The van der Waals surface area contributed by atoms with Crippen molar-refractivity contribution in [3.05, 3.63) is 95.8 Å². The number of anilines is 1. The number of hydrogen-bond acceptors (Lipinski definition) is 5. The van der Waals surface area contributed by atoms with Gasteiger partial charge in [-0.2, -0.15) is 12.7 Å². The maximum Gasteiger partial charge on any atom is 0.304 e. The molecule has 0 saturated carbocycles. The fourth-order valence-corrected chi connectivity index (χ4v) is 5.38. The Morgan fingerprint density at radius 2 is 1.60 bits per heavy atom. The van der Waals surface area contributed by atoms with Crippen molar-refractivity contribution < 1.29 is 27.1 Å². The van der Waals surface area contributed by atoms with Gasteiger partial charge in [0.1, 0.15) is 24.2 Å². The summed E-state index contributed by atoms with van der Waals surface area (Å²) in [5.41, 5.74) is 1.21. The van der Waals surface area contributed by atoms with E-state index in [-0.39, 0.29) is 30.6 Å². The fourth-order valence-electron chi connectivity index (χ4n) is 4.32. The third-order valence-corrected chi connectivity index (χ3v) is 8.70. The number of nitrogens with one attached hydrogen (secondary N) is 1. The molecule has 1 N–H and O–H groups in total. The van der Waals surface area contributed by atoms with Crippen LogP contribution in [0.1, 0.15) is 31.4 Å². The minimum absolute atomic E-state index is 0.0193. The average Bonchev–Trinajstić information content (AvgIpc) is 2.98. The van der Waals surface area contributed by atoms with E-state index in [0.717, 1.165) is 20.2 Å². The summed E-state index contributed by atoms with van der Waals surface area (Å²) in [6.45, 7) is 3.06. The second kappa shape index (κ2) is 14.8. The van der Waals surface area contributed by atoms with Crippen LogP contribution in [0.3, 0.4) is 0 Å². The lowest BCUT2D eigenvalue weighted by molar-refractivity contribution is -0.140. The van der Waals surface area contributed by atoms with Crippen LogP contribution in [0.15, 0.2) is 78.9 Å². The van der Waals surface area contributed by atoms with Gasteiger partial charge in [0, 0.05) is 33.1 Å². The molecule has 0 aliphatic rings. The maximum atomic E-state index is 14.9. The molecule has 0 heterocycles. The third kappa shape index (κ3) is 8.29. The topological polar surface area (TPSA) is 99.3 Å². The van der Waals surface area contributed by atoms with E-state index in [9.17, 15) is 22.4 Å². The molecular weight excluding hydrogens is 559 g/mol. The summed E-state index contributed by atoms with van der Waals surface area (Å²) in [4.78, 5) is 29.3. The van der Waals surface area contributed by atoms with E-state index in [4.69, 9.17) is 4.74 Å². The number of ether oxygens (including phenoxy) is 1. The maximum absolute atomic E-state index is 14.9. The number of amides is 2. The number of carbonyl (C=O) groups excluding carboxylic acids is 2. The quantitative estimate of drug-likeness (QED) is 0.303. The van der Waals surface area contributed by atoms with E-state index in [1.165, 1.54) is 44.3 Å². The molecule has 0 aliphatic heterocycles. The van der Waals surface area contributed by atoms with Gasteiger partial charge in [-0.25, -0.2) is 8.70 Å². The number of halogens is 1. The predicted molar refractivity (Wildman–Crippen MR) is 162 cm³/mol. The highest BCUT2D eigenvalue weighted by Gasteiger charge is 2.35. The van der Waals surface area contributed by atoms with Crippen LogP contribution in [0.4, 0.5) is 10.1 Å². The van der Waals surface area contributed by atoms with Crippen LogP contribution in [0.2, 0.25) is 0 Å². The lowest BCUT2D eigenvalue weighted by Gasteiger charge is -2.35. The molecule has 9 nitrogen and oxygen atoms in total. The Morgan fingerprint density at radius 1 is 0.952 bits per heavy atom. The van der Waals surface area contributed by atoms with E-state index < -0.39 is 34.5 Å². The van der Waals surface area contributed by atoms with Crippen molar-refractivity contribution in [3.63, 3.8) is 0 Å². The van der Waals surface area contributed by atoms with Crippen molar-refractivity contribution in [3.8, 4) is 5.75 Å². The van der Waals surface area contributed by atoms with E-state index in [1.54, 1.807) is 24.3 Å². The number of carbonyl (C=O) groups is 2. The molecule has 3 aromatic carbocycles. The van der Waals surface area contributed by atoms with E-state index in [1.807, 2.05) is 44.2 Å². The lowest BCUT2D eigenvalue weighted by atomic mass is 10.0. The van der Waals surface area contributed by atoms with Crippen LogP contribution in [0, 0.1) is 5.82 Å². The fraction of sp³-hybridized carbons (Fsp3) is 0.355. The van der Waals surface area contributed by atoms with E-state index in [2.05, 4.69) is 5.32 Å². The minimum Gasteiger partial charge on any atom is -0.497 e. The molecule has 0 radical (unpaired) electrons. The van der Waals surface area contributed by atoms with Crippen LogP contribution in [0.5, 0.6) is 5.75 Å². The first kappa shape index (κ1) is 32.6. The first-order chi connectivity index (χ1) is 20.0. The molecule has 0 saturated heterocycles. The van der Waals surface area contributed by atoms with Crippen molar-refractivity contribution in [2.24, 2.45) is 0 Å². The van der Waals surface area contributed by atoms with Crippen LogP contribution in [-0.2, 0) is 32.8 Å². The molecule has 2 amide bonds. The van der Waals surface area contributed by atoms with E-state index in [0.29, 0.717) is 17.7 Å². The Morgan fingerprint density at radius 3 is 2.21 bits per heavy atom. The monoisotopic (exact) mass is 598 g/mol. The zero-order valence-electron chi connectivity index (χ0n) is 24.7. The zero-order valence-corrected chi connectivity index (χ0v) is 25.5. The second-order valence-corrected chi connectivity index (χ2v) is 12.2. The molecule has 42 heavy (non-hydrogen) atoms. The third-order valence-electron chi connectivity index (χ3n) is 6.90. The standard InChI is InChI=1S/C31H39FN4O5S/c1-6-23(2)33-31(38)29(20-24-13-8-7-9-14-24)35(21-25-15-12-16-26(19-25)41-5)30(37)22-36(42(39,40)34(3)4)28-18-11-10-17-27(28)32/h7-19,23,29H,6,20-22H2,1-5H3,(H,33,38)/t23-,29+/m0/s1. The van der Waals surface area contributed by atoms with Crippen molar-refractivity contribution >= 4 is 27.7 Å². The highest BCUT2D eigenvalue weighted by molar-refractivity contribution is 7.90. The van der Waals surface area contributed by atoms with Crippen LogP contribution >= 0.6 is 0 Å². The summed E-state index contributed by atoms with van der Waals surface area (Å²) in [5.74, 6) is -1.29. The molecule has 0 bridgehead atoms. The summed E-state index contributed by atoms with van der Waals surface area (Å²) in [6, 6.07) is 20.5. The van der Waals surface area contributed by atoms with Gasteiger partial charge in [0.05, 0.1) is 12.8 Å². The molecule has 226 valence electrons.